The first kappa shape index (κ1) is 11.3. The van der Waals surface area contributed by atoms with Gasteiger partial charge in [-0.2, -0.15) is 0 Å². The lowest BCUT2D eigenvalue weighted by Crippen LogP contribution is -2.18. The van der Waals surface area contributed by atoms with Crippen molar-refractivity contribution in [3.05, 3.63) is 42.1 Å². The first-order valence-corrected chi connectivity index (χ1v) is 6.39. The quantitative estimate of drug-likeness (QED) is 0.810. The average Bonchev–Trinajstić information content (AvgIpc) is 2.87. The highest BCUT2D eigenvalue weighted by Gasteiger charge is 2.21. The summed E-state index contributed by atoms with van der Waals surface area (Å²) in [7, 11) is 4.02. The van der Waals surface area contributed by atoms with Crippen molar-refractivity contribution in [1.82, 2.24) is 14.5 Å². The third-order valence-electron chi connectivity index (χ3n) is 3.61. The summed E-state index contributed by atoms with van der Waals surface area (Å²) in [6.45, 7) is 0. The second-order valence-electron chi connectivity index (χ2n) is 5.04. The Morgan fingerprint density at radius 1 is 1.28 bits per heavy atom. The molecule has 0 bridgehead atoms. The fraction of sp³-hybridized carbons (Fsp3) is 0.429. The van der Waals surface area contributed by atoms with Crippen LogP contribution in [0.2, 0.25) is 0 Å². The number of pyridine rings is 1. The van der Waals surface area contributed by atoms with Gasteiger partial charge in [0, 0.05) is 32.2 Å². The zero-order chi connectivity index (χ0) is 12.5. The lowest BCUT2D eigenvalue weighted by Gasteiger charge is -2.26. The van der Waals surface area contributed by atoms with Crippen LogP contribution in [0.3, 0.4) is 0 Å². The standard InChI is InChI=1S/C14H18N4/c1-17(2)14-7-6-11(8-16-14)13-5-3-4-12-9-15-10-18(12)13/h6-10,13H,3-5H2,1-2H3. The number of anilines is 1. The topological polar surface area (TPSA) is 34.0 Å². The maximum atomic E-state index is 4.50. The molecule has 0 aromatic carbocycles. The Hall–Kier alpha value is -1.84. The Labute approximate surface area is 107 Å². The predicted molar refractivity (Wildman–Crippen MR) is 71.9 cm³/mol. The zero-order valence-electron chi connectivity index (χ0n) is 10.9. The van der Waals surface area contributed by atoms with E-state index < -0.39 is 0 Å². The van der Waals surface area contributed by atoms with Crippen LogP contribution in [-0.2, 0) is 6.42 Å². The molecular formula is C14H18N4. The molecular weight excluding hydrogens is 224 g/mol. The highest BCUT2D eigenvalue weighted by molar-refractivity contribution is 5.38. The summed E-state index contributed by atoms with van der Waals surface area (Å²) >= 11 is 0. The largest absolute Gasteiger partial charge is 0.363 e. The Kier molecular flexibility index (Phi) is 2.78. The first-order valence-electron chi connectivity index (χ1n) is 6.39. The number of hydrogen-bond acceptors (Lipinski definition) is 3. The summed E-state index contributed by atoms with van der Waals surface area (Å²) < 4.78 is 2.29. The van der Waals surface area contributed by atoms with Gasteiger partial charge in [-0.05, 0) is 30.9 Å². The van der Waals surface area contributed by atoms with Crippen LogP contribution in [0.5, 0.6) is 0 Å². The van der Waals surface area contributed by atoms with Gasteiger partial charge in [-0.3, -0.25) is 0 Å². The van der Waals surface area contributed by atoms with Crippen LogP contribution in [-0.4, -0.2) is 28.6 Å². The van der Waals surface area contributed by atoms with Gasteiger partial charge < -0.3 is 9.47 Å². The van der Waals surface area contributed by atoms with Crippen molar-refractivity contribution in [2.24, 2.45) is 0 Å². The summed E-state index contributed by atoms with van der Waals surface area (Å²) in [5, 5.41) is 0. The van der Waals surface area contributed by atoms with E-state index >= 15 is 0 Å². The lowest BCUT2D eigenvalue weighted by atomic mass is 9.97. The number of aromatic nitrogens is 3. The molecule has 94 valence electrons. The van der Waals surface area contributed by atoms with Gasteiger partial charge in [0.15, 0.2) is 0 Å². The molecule has 0 fully saturated rings. The van der Waals surface area contributed by atoms with E-state index in [2.05, 4.69) is 26.7 Å². The van der Waals surface area contributed by atoms with Crippen LogP contribution >= 0.6 is 0 Å². The maximum Gasteiger partial charge on any atom is 0.127 e. The zero-order valence-corrected chi connectivity index (χ0v) is 10.9. The van der Waals surface area contributed by atoms with E-state index in [1.54, 1.807) is 0 Å². The molecule has 1 aliphatic rings. The van der Waals surface area contributed by atoms with Crippen molar-refractivity contribution in [1.29, 1.82) is 0 Å². The third-order valence-corrected chi connectivity index (χ3v) is 3.61. The second kappa shape index (κ2) is 4.44. The fourth-order valence-corrected chi connectivity index (χ4v) is 2.61. The summed E-state index contributed by atoms with van der Waals surface area (Å²) in [5.41, 5.74) is 2.61. The van der Waals surface area contributed by atoms with Crippen molar-refractivity contribution in [3.8, 4) is 0 Å². The molecule has 0 N–H and O–H groups in total. The second-order valence-corrected chi connectivity index (χ2v) is 5.04. The van der Waals surface area contributed by atoms with Gasteiger partial charge in [-0.25, -0.2) is 9.97 Å². The molecule has 1 unspecified atom stereocenters. The number of fused-ring (bicyclic) bond motifs is 1. The lowest BCUT2D eigenvalue weighted by molar-refractivity contribution is 0.457. The Balaban J connectivity index is 1.92. The Morgan fingerprint density at radius 2 is 2.17 bits per heavy atom. The SMILES string of the molecule is CN(C)c1ccc(C2CCCc3cncn32)cn1. The Morgan fingerprint density at radius 3 is 2.89 bits per heavy atom. The van der Waals surface area contributed by atoms with E-state index in [0.717, 1.165) is 12.2 Å². The predicted octanol–water partition coefficient (Wildman–Crippen LogP) is 2.27. The van der Waals surface area contributed by atoms with Crippen molar-refractivity contribution >= 4 is 5.82 Å². The van der Waals surface area contributed by atoms with E-state index in [9.17, 15) is 0 Å². The first-order chi connectivity index (χ1) is 8.75. The minimum atomic E-state index is 0.403. The van der Waals surface area contributed by atoms with Crippen LogP contribution in [0.4, 0.5) is 5.82 Å². The smallest absolute Gasteiger partial charge is 0.127 e. The number of nitrogens with zero attached hydrogens (tertiary/aromatic N) is 4. The van der Waals surface area contributed by atoms with Gasteiger partial charge in [0.1, 0.15) is 5.82 Å². The van der Waals surface area contributed by atoms with Crippen molar-refractivity contribution in [3.63, 3.8) is 0 Å². The van der Waals surface area contributed by atoms with Crippen molar-refractivity contribution in [2.45, 2.75) is 25.3 Å². The van der Waals surface area contributed by atoms with Crippen LogP contribution in [0.1, 0.15) is 30.1 Å². The van der Waals surface area contributed by atoms with E-state index in [4.69, 9.17) is 0 Å². The van der Waals surface area contributed by atoms with Crippen LogP contribution in [0.25, 0.3) is 0 Å². The summed E-state index contributed by atoms with van der Waals surface area (Å²) in [4.78, 5) is 10.8. The third kappa shape index (κ3) is 1.88. The summed E-state index contributed by atoms with van der Waals surface area (Å²) in [6, 6.07) is 4.67. The molecule has 0 amide bonds. The van der Waals surface area contributed by atoms with Gasteiger partial charge in [0.25, 0.3) is 0 Å². The molecule has 0 aliphatic carbocycles. The normalized spacial score (nSPS) is 18.4. The number of imidazole rings is 1. The average molecular weight is 242 g/mol. The number of rotatable bonds is 2. The molecule has 4 heteroatoms. The molecule has 4 nitrogen and oxygen atoms in total. The van der Waals surface area contributed by atoms with E-state index in [-0.39, 0.29) is 0 Å². The fourth-order valence-electron chi connectivity index (χ4n) is 2.61. The summed E-state index contributed by atoms with van der Waals surface area (Å²) in [5.74, 6) is 1.00. The molecule has 0 saturated carbocycles. The molecule has 1 aliphatic heterocycles. The van der Waals surface area contributed by atoms with Crippen LogP contribution < -0.4 is 4.90 Å². The van der Waals surface area contributed by atoms with Crippen LogP contribution in [0.15, 0.2) is 30.9 Å². The molecule has 2 aromatic rings. The summed E-state index contributed by atoms with van der Waals surface area (Å²) in [6.07, 6.45) is 9.46. The van der Waals surface area contributed by atoms with Gasteiger partial charge in [0.2, 0.25) is 0 Å². The molecule has 0 radical (unpaired) electrons. The molecule has 3 heterocycles. The van der Waals surface area contributed by atoms with Gasteiger partial charge in [0.05, 0.1) is 12.4 Å². The van der Waals surface area contributed by atoms with Crippen LogP contribution in [0, 0.1) is 0 Å². The highest BCUT2D eigenvalue weighted by atomic mass is 15.1. The molecule has 2 aromatic heterocycles. The number of aryl methyl sites for hydroxylation is 1. The van der Waals surface area contributed by atoms with Gasteiger partial charge in [-0.1, -0.05) is 6.07 Å². The minimum absolute atomic E-state index is 0.403. The molecule has 3 rings (SSSR count). The van der Waals surface area contributed by atoms with E-state index in [1.165, 1.54) is 24.1 Å². The van der Waals surface area contributed by atoms with Crippen molar-refractivity contribution in [2.75, 3.05) is 19.0 Å². The van der Waals surface area contributed by atoms with Gasteiger partial charge in [-0.15, -0.1) is 0 Å². The molecule has 0 spiro atoms. The van der Waals surface area contributed by atoms with E-state index in [0.29, 0.717) is 6.04 Å². The maximum absolute atomic E-state index is 4.50. The van der Waals surface area contributed by atoms with Crippen molar-refractivity contribution < 1.29 is 0 Å². The number of hydrogen-bond donors (Lipinski definition) is 0. The van der Waals surface area contributed by atoms with E-state index in [1.807, 2.05) is 37.7 Å². The molecule has 18 heavy (non-hydrogen) atoms. The van der Waals surface area contributed by atoms with Gasteiger partial charge >= 0.3 is 0 Å². The highest BCUT2D eigenvalue weighted by Crippen LogP contribution is 2.30. The Bertz CT molecular complexity index is 527. The molecule has 0 saturated heterocycles. The minimum Gasteiger partial charge on any atom is -0.363 e. The molecule has 1 atom stereocenters. The monoisotopic (exact) mass is 242 g/mol.